The molecule has 0 radical (unpaired) electrons. The monoisotopic (exact) mass is 314 g/mol. The lowest BCUT2D eigenvalue weighted by molar-refractivity contribution is 0.458. The van der Waals surface area contributed by atoms with Crippen LogP contribution in [-0.2, 0) is 16.6 Å². The van der Waals surface area contributed by atoms with Crippen molar-refractivity contribution in [3.05, 3.63) is 11.3 Å². The lowest BCUT2D eigenvalue weighted by Gasteiger charge is -2.16. The van der Waals surface area contributed by atoms with E-state index in [1.165, 1.54) is 0 Å². The highest BCUT2D eigenvalue weighted by Gasteiger charge is 2.37. The first-order valence-corrected chi connectivity index (χ1v) is 8.94. The molecule has 2 unspecified atom stereocenters. The van der Waals surface area contributed by atoms with E-state index in [0.717, 1.165) is 11.3 Å². The molecule has 1 aromatic rings. The summed E-state index contributed by atoms with van der Waals surface area (Å²) >= 11 is 0. The molecular weight excluding hydrogens is 288 g/mol. The summed E-state index contributed by atoms with van der Waals surface area (Å²) in [5.41, 5.74) is 1.55. The number of aromatic nitrogens is 2. The highest BCUT2D eigenvalue weighted by Crippen LogP contribution is 2.29. The van der Waals surface area contributed by atoms with E-state index < -0.39 is 10.0 Å². The fraction of sp³-hybridized carbons (Fsp3) is 0.786. The molecule has 1 saturated heterocycles. The van der Waals surface area contributed by atoms with Gasteiger partial charge >= 0.3 is 0 Å². The van der Waals surface area contributed by atoms with Gasteiger partial charge in [0.15, 0.2) is 5.03 Å². The summed E-state index contributed by atoms with van der Waals surface area (Å²) in [5.74, 6) is 0.772. The minimum absolute atomic E-state index is 0.175. The Kier molecular flexibility index (Phi) is 4.75. The smallest absolute Gasteiger partial charge is 0.262 e. The topological polar surface area (TPSA) is 78.1 Å². The van der Waals surface area contributed by atoms with Crippen LogP contribution in [0.15, 0.2) is 5.03 Å². The maximum Gasteiger partial charge on any atom is 0.262 e. The Labute approximate surface area is 127 Å². The molecule has 2 atom stereocenters. The summed E-state index contributed by atoms with van der Waals surface area (Å²) in [6.07, 6.45) is 0. The van der Waals surface area contributed by atoms with Crippen molar-refractivity contribution in [3.8, 4) is 0 Å². The first kappa shape index (κ1) is 16.5. The van der Waals surface area contributed by atoms with Crippen LogP contribution in [0.2, 0.25) is 0 Å². The van der Waals surface area contributed by atoms with Gasteiger partial charge in [0.1, 0.15) is 0 Å². The highest BCUT2D eigenvalue weighted by molar-refractivity contribution is 7.89. The molecule has 1 fully saturated rings. The Morgan fingerprint density at radius 1 is 1.33 bits per heavy atom. The van der Waals surface area contributed by atoms with Crippen molar-refractivity contribution in [1.82, 2.24) is 19.8 Å². The first-order chi connectivity index (χ1) is 9.73. The van der Waals surface area contributed by atoms with Crippen LogP contribution in [0.4, 0.5) is 0 Å². The van der Waals surface area contributed by atoms with E-state index in [1.807, 2.05) is 20.8 Å². The summed E-state index contributed by atoms with van der Waals surface area (Å²) < 4.78 is 27.2. The van der Waals surface area contributed by atoms with Crippen molar-refractivity contribution in [1.29, 1.82) is 0 Å². The lowest BCUT2D eigenvalue weighted by atomic mass is 10.0. The average Bonchev–Trinajstić information content (AvgIpc) is 2.92. The fourth-order valence-corrected chi connectivity index (χ4v) is 4.36. The second-order valence-corrected chi connectivity index (χ2v) is 8.30. The third kappa shape index (κ3) is 3.30. The van der Waals surface area contributed by atoms with Gasteiger partial charge in [-0.05, 0) is 18.8 Å². The van der Waals surface area contributed by atoms with Gasteiger partial charge < -0.3 is 5.32 Å². The molecule has 2 heterocycles. The van der Waals surface area contributed by atoms with Gasteiger partial charge in [0, 0.05) is 36.9 Å². The Balaban J connectivity index is 2.29. The summed E-state index contributed by atoms with van der Waals surface area (Å²) in [5, 5.41) is 10.3. The molecule has 2 N–H and O–H groups in total. The maximum absolute atomic E-state index is 12.8. The van der Waals surface area contributed by atoms with Crippen LogP contribution < -0.4 is 5.32 Å². The normalized spacial score (nSPS) is 24.1. The van der Waals surface area contributed by atoms with Gasteiger partial charge in [0.05, 0.1) is 0 Å². The molecule has 1 aliphatic heterocycles. The molecule has 2 rings (SSSR count). The molecule has 6 nitrogen and oxygen atoms in total. The molecule has 0 saturated carbocycles. The molecule has 120 valence electrons. The molecular formula is C14H26N4O2S. The SMILES string of the molecule is Cc1[nH]nc(S(=O)(=O)N2CC(C)C(C)C2)c1CNC(C)C. The van der Waals surface area contributed by atoms with E-state index in [0.29, 0.717) is 37.5 Å². The molecule has 1 aromatic heterocycles. The van der Waals surface area contributed by atoms with Crippen molar-refractivity contribution >= 4 is 10.0 Å². The molecule has 0 spiro atoms. The molecule has 0 aliphatic carbocycles. The number of hydrogen-bond donors (Lipinski definition) is 2. The van der Waals surface area contributed by atoms with E-state index in [2.05, 4.69) is 29.4 Å². The minimum Gasteiger partial charge on any atom is -0.310 e. The Bertz CT molecular complexity index is 584. The lowest BCUT2D eigenvalue weighted by Crippen LogP contribution is -2.31. The number of sulfonamides is 1. The number of H-pyrrole nitrogens is 1. The summed E-state index contributed by atoms with van der Waals surface area (Å²) in [6.45, 7) is 11.8. The van der Waals surface area contributed by atoms with Gasteiger partial charge in [-0.15, -0.1) is 0 Å². The van der Waals surface area contributed by atoms with Gasteiger partial charge in [0.2, 0.25) is 0 Å². The Morgan fingerprint density at radius 3 is 2.43 bits per heavy atom. The first-order valence-electron chi connectivity index (χ1n) is 7.50. The second kappa shape index (κ2) is 6.06. The van der Waals surface area contributed by atoms with E-state index in [9.17, 15) is 8.42 Å². The third-order valence-electron chi connectivity index (χ3n) is 4.26. The van der Waals surface area contributed by atoms with Crippen molar-refractivity contribution in [2.24, 2.45) is 11.8 Å². The van der Waals surface area contributed by atoms with Gasteiger partial charge in [0.25, 0.3) is 10.0 Å². The van der Waals surface area contributed by atoms with E-state index in [4.69, 9.17) is 0 Å². The molecule has 7 heteroatoms. The highest BCUT2D eigenvalue weighted by atomic mass is 32.2. The predicted molar refractivity (Wildman–Crippen MR) is 82.4 cm³/mol. The van der Waals surface area contributed by atoms with Gasteiger partial charge in [-0.3, -0.25) is 5.10 Å². The number of hydrogen-bond acceptors (Lipinski definition) is 4. The van der Waals surface area contributed by atoms with Crippen molar-refractivity contribution in [2.45, 2.75) is 52.2 Å². The zero-order valence-corrected chi connectivity index (χ0v) is 14.3. The van der Waals surface area contributed by atoms with Crippen LogP contribution in [0.3, 0.4) is 0 Å². The summed E-state index contributed by atoms with van der Waals surface area (Å²) in [4.78, 5) is 0. The number of aryl methyl sites for hydroxylation is 1. The fourth-order valence-electron chi connectivity index (χ4n) is 2.55. The van der Waals surface area contributed by atoms with Crippen molar-refractivity contribution < 1.29 is 8.42 Å². The van der Waals surface area contributed by atoms with E-state index in [-0.39, 0.29) is 5.03 Å². The van der Waals surface area contributed by atoms with Crippen LogP contribution in [0, 0.1) is 18.8 Å². The second-order valence-electron chi connectivity index (χ2n) is 6.44. The summed E-state index contributed by atoms with van der Waals surface area (Å²) in [6, 6.07) is 0.293. The quantitative estimate of drug-likeness (QED) is 0.863. The zero-order valence-electron chi connectivity index (χ0n) is 13.5. The van der Waals surface area contributed by atoms with Crippen LogP contribution in [0.5, 0.6) is 0 Å². The number of aromatic amines is 1. The van der Waals surface area contributed by atoms with Crippen molar-refractivity contribution in [3.63, 3.8) is 0 Å². The van der Waals surface area contributed by atoms with Crippen molar-refractivity contribution in [2.75, 3.05) is 13.1 Å². The number of nitrogens with one attached hydrogen (secondary N) is 2. The molecule has 0 amide bonds. The predicted octanol–water partition coefficient (Wildman–Crippen LogP) is 1.49. The Hall–Kier alpha value is -0.920. The molecule has 0 bridgehead atoms. The van der Waals surface area contributed by atoms with Gasteiger partial charge in [-0.1, -0.05) is 27.7 Å². The van der Waals surface area contributed by atoms with Gasteiger partial charge in [-0.2, -0.15) is 9.40 Å². The summed E-state index contributed by atoms with van der Waals surface area (Å²) in [7, 11) is -3.51. The van der Waals surface area contributed by atoms with Crippen LogP contribution in [0.1, 0.15) is 39.0 Å². The molecule has 0 aromatic carbocycles. The maximum atomic E-state index is 12.8. The van der Waals surface area contributed by atoms with E-state index >= 15 is 0 Å². The third-order valence-corrected chi connectivity index (χ3v) is 6.07. The number of rotatable bonds is 5. The average molecular weight is 314 g/mol. The zero-order chi connectivity index (χ0) is 15.8. The standard InChI is InChI=1S/C14H26N4O2S/c1-9(2)15-6-13-12(5)16-17-14(13)21(19,20)18-7-10(3)11(4)8-18/h9-11,15H,6-8H2,1-5H3,(H,16,17). The van der Waals surface area contributed by atoms with Gasteiger partial charge in [-0.25, -0.2) is 8.42 Å². The van der Waals surface area contributed by atoms with Crippen LogP contribution >= 0.6 is 0 Å². The van der Waals surface area contributed by atoms with Crippen LogP contribution in [0.25, 0.3) is 0 Å². The number of nitrogens with zero attached hydrogens (tertiary/aromatic N) is 2. The largest absolute Gasteiger partial charge is 0.310 e. The molecule has 1 aliphatic rings. The Morgan fingerprint density at radius 2 is 1.90 bits per heavy atom. The van der Waals surface area contributed by atoms with Crippen LogP contribution in [-0.4, -0.2) is 42.1 Å². The minimum atomic E-state index is -3.51. The van der Waals surface area contributed by atoms with E-state index in [1.54, 1.807) is 4.31 Å². The molecule has 21 heavy (non-hydrogen) atoms.